The number of likely N-dealkylation sites (N-methyl/N-ethyl adjacent to an activating group) is 1. The zero-order valence-electron chi connectivity index (χ0n) is 19.1. The average molecular weight is 454 g/mol. The van der Waals surface area contributed by atoms with Gasteiger partial charge in [0.2, 0.25) is 5.91 Å². The number of benzene rings is 2. The van der Waals surface area contributed by atoms with E-state index in [0.717, 1.165) is 35.5 Å². The molecule has 8 heteroatoms. The van der Waals surface area contributed by atoms with Crippen molar-refractivity contribution in [1.82, 2.24) is 25.0 Å². The summed E-state index contributed by atoms with van der Waals surface area (Å²) < 4.78 is 7.55. The molecule has 1 heterocycles. The van der Waals surface area contributed by atoms with Gasteiger partial charge in [0.25, 0.3) is 0 Å². The summed E-state index contributed by atoms with van der Waals surface area (Å²) in [5.74, 6) is 1.34. The average Bonchev–Trinajstić information content (AvgIpc) is 3.16. The molecule has 7 nitrogen and oxygen atoms in total. The van der Waals surface area contributed by atoms with Crippen molar-refractivity contribution in [3.63, 3.8) is 0 Å². The fourth-order valence-electron chi connectivity index (χ4n) is 3.85. The van der Waals surface area contributed by atoms with Gasteiger partial charge in [0, 0.05) is 12.1 Å². The standard InChI is InChI=1S/C24H31N5O2S/c1-5-28(6-2)21(18-10-8-12-20(14-18)31-4)15-25-22(30)16-29-23(26-27-24(29)32)19-11-7-9-17(3)13-19/h7-14,21H,5-6,15-16H2,1-4H3,(H,25,30)(H,27,32). The van der Waals surface area contributed by atoms with E-state index in [0.29, 0.717) is 17.1 Å². The Morgan fingerprint density at radius 2 is 1.97 bits per heavy atom. The number of hydrogen-bond acceptors (Lipinski definition) is 5. The lowest BCUT2D eigenvalue weighted by atomic mass is 10.0. The minimum Gasteiger partial charge on any atom is -0.497 e. The zero-order chi connectivity index (χ0) is 23.1. The van der Waals surface area contributed by atoms with E-state index in [1.54, 1.807) is 11.7 Å². The van der Waals surface area contributed by atoms with Gasteiger partial charge in [-0.15, -0.1) is 0 Å². The number of nitrogens with zero attached hydrogens (tertiary/aromatic N) is 3. The molecule has 1 atom stereocenters. The fraction of sp³-hybridized carbons (Fsp3) is 0.375. The highest BCUT2D eigenvalue weighted by Crippen LogP contribution is 2.24. The molecule has 0 saturated heterocycles. The Kier molecular flexibility index (Phi) is 8.19. The first-order valence-corrected chi connectivity index (χ1v) is 11.2. The number of hydrogen-bond donors (Lipinski definition) is 2. The predicted molar refractivity (Wildman–Crippen MR) is 129 cm³/mol. The summed E-state index contributed by atoms with van der Waals surface area (Å²) in [6, 6.07) is 16.0. The molecule has 1 unspecified atom stereocenters. The third kappa shape index (κ3) is 5.63. The fourth-order valence-corrected chi connectivity index (χ4v) is 4.05. The third-order valence-corrected chi connectivity index (χ3v) is 5.87. The number of amides is 1. The first-order chi connectivity index (χ1) is 15.5. The van der Waals surface area contributed by atoms with Crippen LogP contribution in [0, 0.1) is 11.7 Å². The van der Waals surface area contributed by atoms with Crippen LogP contribution in [0.2, 0.25) is 0 Å². The van der Waals surface area contributed by atoms with Crippen molar-refractivity contribution in [1.29, 1.82) is 0 Å². The monoisotopic (exact) mass is 453 g/mol. The highest BCUT2D eigenvalue weighted by atomic mass is 32.1. The number of rotatable bonds is 10. The Balaban J connectivity index is 1.76. The lowest BCUT2D eigenvalue weighted by molar-refractivity contribution is -0.121. The number of aryl methyl sites for hydroxylation is 1. The van der Waals surface area contributed by atoms with E-state index in [2.05, 4.69) is 40.3 Å². The van der Waals surface area contributed by atoms with Gasteiger partial charge < -0.3 is 10.1 Å². The summed E-state index contributed by atoms with van der Waals surface area (Å²) in [5.41, 5.74) is 3.14. The van der Waals surface area contributed by atoms with E-state index in [-0.39, 0.29) is 18.5 Å². The second-order valence-electron chi connectivity index (χ2n) is 7.63. The summed E-state index contributed by atoms with van der Waals surface area (Å²) in [4.78, 5) is 15.2. The van der Waals surface area contributed by atoms with Crippen molar-refractivity contribution >= 4 is 18.1 Å². The van der Waals surface area contributed by atoms with Crippen molar-refractivity contribution in [2.75, 3.05) is 26.7 Å². The summed E-state index contributed by atoms with van der Waals surface area (Å²) >= 11 is 5.39. The number of H-pyrrole nitrogens is 1. The Morgan fingerprint density at radius 1 is 1.22 bits per heavy atom. The van der Waals surface area contributed by atoms with Gasteiger partial charge in [-0.3, -0.25) is 19.4 Å². The van der Waals surface area contributed by atoms with Crippen LogP contribution in [0.3, 0.4) is 0 Å². The van der Waals surface area contributed by atoms with Crippen LogP contribution in [0.25, 0.3) is 11.4 Å². The van der Waals surface area contributed by atoms with E-state index in [1.165, 1.54) is 0 Å². The number of carbonyl (C=O) groups excluding carboxylic acids is 1. The second kappa shape index (κ2) is 11.1. The number of nitrogens with one attached hydrogen (secondary N) is 2. The molecular weight excluding hydrogens is 422 g/mol. The molecule has 1 aromatic heterocycles. The summed E-state index contributed by atoms with van der Waals surface area (Å²) in [6.07, 6.45) is 0. The molecule has 2 N–H and O–H groups in total. The molecule has 0 aliphatic rings. The maximum atomic E-state index is 12.9. The molecule has 3 aromatic rings. The van der Waals surface area contributed by atoms with Crippen molar-refractivity contribution in [3.8, 4) is 17.1 Å². The third-order valence-electron chi connectivity index (χ3n) is 5.56. The molecule has 0 radical (unpaired) electrons. The van der Waals surface area contributed by atoms with Crippen LogP contribution in [-0.2, 0) is 11.3 Å². The van der Waals surface area contributed by atoms with Crippen LogP contribution >= 0.6 is 12.2 Å². The van der Waals surface area contributed by atoms with Gasteiger partial charge in [-0.1, -0.05) is 49.7 Å². The van der Waals surface area contributed by atoms with Crippen LogP contribution in [0.4, 0.5) is 0 Å². The minimum atomic E-state index is -0.114. The molecule has 0 fully saturated rings. The van der Waals surface area contributed by atoms with Gasteiger partial charge >= 0.3 is 0 Å². The predicted octanol–water partition coefficient (Wildman–Crippen LogP) is 4.12. The molecule has 2 aromatic carbocycles. The summed E-state index contributed by atoms with van der Waals surface area (Å²) in [7, 11) is 1.66. The topological polar surface area (TPSA) is 75.2 Å². The summed E-state index contributed by atoms with van der Waals surface area (Å²) in [6.45, 7) is 8.60. The molecule has 3 rings (SSSR count). The van der Waals surface area contributed by atoms with Crippen LogP contribution < -0.4 is 10.1 Å². The largest absolute Gasteiger partial charge is 0.497 e. The van der Waals surface area contributed by atoms with Gasteiger partial charge in [-0.05, 0) is 56.0 Å². The SMILES string of the molecule is CCN(CC)C(CNC(=O)Cn1c(-c2cccc(C)c2)n[nH]c1=S)c1cccc(OC)c1. The number of methoxy groups -OCH3 is 1. The smallest absolute Gasteiger partial charge is 0.240 e. The van der Waals surface area contributed by atoms with E-state index in [1.807, 2.05) is 49.4 Å². The molecule has 0 aliphatic carbocycles. The van der Waals surface area contributed by atoms with E-state index in [9.17, 15) is 4.79 Å². The van der Waals surface area contributed by atoms with Crippen molar-refractivity contribution < 1.29 is 9.53 Å². The lowest BCUT2D eigenvalue weighted by Crippen LogP contribution is -2.39. The Morgan fingerprint density at radius 3 is 2.66 bits per heavy atom. The highest BCUT2D eigenvalue weighted by Gasteiger charge is 2.20. The second-order valence-corrected chi connectivity index (χ2v) is 8.01. The number of ether oxygens (including phenoxy) is 1. The lowest BCUT2D eigenvalue weighted by Gasteiger charge is -2.30. The van der Waals surface area contributed by atoms with Gasteiger partial charge in [0.1, 0.15) is 12.3 Å². The molecule has 0 saturated carbocycles. The molecule has 32 heavy (non-hydrogen) atoms. The van der Waals surface area contributed by atoms with Gasteiger partial charge in [-0.2, -0.15) is 5.10 Å². The van der Waals surface area contributed by atoms with Gasteiger partial charge in [0.05, 0.1) is 13.2 Å². The highest BCUT2D eigenvalue weighted by molar-refractivity contribution is 7.71. The van der Waals surface area contributed by atoms with Crippen molar-refractivity contribution in [2.24, 2.45) is 0 Å². The van der Waals surface area contributed by atoms with Crippen LogP contribution in [0.5, 0.6) is 5.75 Å². The van der Waals surface area contributed by atoms with E-state index in [4.69, 9.17) is 17.0 Å². The van der Waals surface area contributed by atoms with E-state index >= 15 is 0 Å². The zero-order valence-corrected chi connectivity index (χ0v) is 19.9. The van der Waals surface area contributed by atoms with E-state index < -0.39 is 0 Å². The Labute approximate surface area is 194 Å². The number of aromatic amines is 1. The maximum Gasteiger partial charge on any atom is 0.240 e. The quantitative estimate of drug-likeness (QED) is 0.452. The van der Waals surface area contributed by atoms with Crippen LogP contribution in [0.15, 0.2) is 48.5 Å². The Hall–Kier alpha value is -2.97. The normalized spacial score (nSPS) is 12.0. The number of aromatic nitrogens is 3. The summed E-state index contributed by atoms with van der Waals surface area (Å²) in [5, 5.41) is 10.2. The minimum absolute atomic E-state index is 0.0395. The van der Waals surface area contributed by atoms with Gasteiger partial charge in [-0.25, -0.2) is 0 Å². The molecule has 0 aliphatic heterocycles. The molecule has 0 bridgehead atoms. The van der Waals surface area contributed by atoms with Crippen molar-refractivity contribution in [3.05, 3.63) is 64.4 Å². The molecular formula is C24H31N5O2S. The van der Waals surface area contributed by atoms with Crippen LogP contribution in [0.1, 0.15) is 31.0 Å². The van der Waals surface area contributed by atoms with Crippen LogP contribution in [-0.4, -0.2) is 52.3 Å². The Bertz CT molecular complexity index is 1100. The molecule has 1 amide bonds. The molecule has 0 spiro atoms. The van der Waals surface area contributed by atoms with Crippen molar-refractivity contribution in [2.45, 2.75) is 33.4 Å². The molecule has 170 valence electrons. The first kappa shape index (κ1) is 23.7. The van der Waals surface area contributed by atoms with Gasteiger partial charge in [0.15, 0.2) is 10.6 Å². The maximum absolute atomic E-state index is 12.9. The first-order valence-electron chi connectivity index (χ1n) is 10.8. The number of carbonyl (C=O) groups is 1.